The van der Waals surface area contributed by atoms with E-state index in [0.29, 0.717) is 19.3 Å². The molecule has 2 aliphatic rings. The molecule has 3 atom stereocenters. The zero-order valence-corrected chi connectivity index (χ0v) is 12.9. The molecule has 3 heterocycles. The molecule has 6 heteroatoms. The zero-order chi connectivity index (χ0) is 15.5. The second-order valence-electron chi connectivity index (χ2n) is 5.89. The molecule has 1 aliphatic heterocycles. The standard InChI is InChI=1S/C17H20N4O2/c1-2-7-18-13(4-1)12-23-15-6-5-14-16(15)22-11-10-21(14)17-19-8-3-9-20-17/h1-4,7-9,14-16H,5-6,10-12H2/t14-,15+,16+/m0/s1. The fraction of sp³-hybridized carbons (Fsp3) is 0.471. The summed E-state index contributed by atoms with van der Waals surface area (Å²) in [6.45, 7) is 2.04. The molecule has 1 aliphatic carbocycles. The molecule has 1 saturated carbocycles. The van der Waals surface area contributed by atoms with Gasteiger partial charge in [-0.05, 0) is 31.0 Å². The van der Waals surface area contributed by atoms with Gasteiger partial charge in [-0.1, -0.05) is 6.07 Å². The predicted octanol–water partition coefficient (Wildman–Crippen LogP) is 1.82. The Labute approximate surface area is 135 Å². The van der Waals surface area contributed by atoms with E-state index in [4.69, 9.17) is 9.47 Å². The van der Waals surface area contributed by atoms with Crippen molar-refractivity contribution < 1.29 is 9.47 Å². The first-order valence-electron chi connectivity index (χ1n) is 8.08. The highest BCUT2D eigenvalue weighted by atomic mass is 16.5. The van der Waals surface area contributed by atoms with Crippen LogP contribution in [0.4, 0.5) is 5.95 Å². The largest absolute Gasteiger partial charge is 0.372 e. The third-order valence-corrected chi connectivity index (χ3v) is 4.52. The van der Waals surface area contributed by atoms with E-state index in [9.17, 15) is 0 Å². The van der Waals surface area contributed by atoms with E-state index in [-0.39, 0.29) is 12.2 Å². The number of fused-ring (bicyclic) bond motifs is 1. The monoisotopic (exact) mass is 312 g/mol. The van der Waals surface area contributed by atoms with E-state index < -0.39 is 0 Å². The van der Waals surface area contributed by atoms with Gasteiger partial charge in [0.25, 0.3) is 0 Å². The average Bonchev–Trinajstić information content (AvgIpc) is 3.05. The number of morpholine rings is 1. The molecule has 0 N–H and O–H groups in total. The molecule has 0 radical (unpaired) electrons. The van der Waals surface area contributed by atoms with E-state index >= 15 is 0 Å². The van der Waals surface area contributed by atoms with Crippen LogP contribution < -0.4 is 4.90 Å². The Balaban J connectivity index is 1.43. The van der Waals surface area contributed by atoms with Crippen molar-refractivity contribution in [1.29, 1.82) is 0 Å². The molecular weight excluding hydrogens is 292 g/mol. The molecule has 2 aromatic heterocycles. The molecule has 0 unspecified atom stereocenters. The summed E-state index contributed by atoms with van der Waals surface area (Å²) in [6, 6.07) is 8.01. The Bertz CT molecular complexity index is 625. The quantitative estimate of drug-likeness (QED) is 0.858. The van der Waals surface area contributed by atoms with Crippen LogP contribution in [0.15, 0.2) is 42.9 Å². The van der Waals surface area contributed by atoms with E-state index in [0.717, 1.165) is 31.0 Å². The fourth-order valence-corrected chi connectivity index (χ4v) is 3.46. The molecule has 0 spiro atoms. The normalized spacial score (nSPS) is 27.0. The number of rotatable bonds is 4. The lowest BCUT2D eigenvalue weighted by Crippen LogP contribution is -2.52. The van der Waals surface area contributed by atoms with Gasteiger partial charge in [0.15, 0.2) is 0 Å². The first kappa shape index (κ1) is 14.5. The van der Waals surface area contributed by atoms with Gasteiger partial charge in [0, 0.05) is 25.1 Å². The predicted molar refractivity (Wildman–Crippen MR) is 85.0 cm³/mol. The summed E-state index contributed by atoms with van der Waals surface area (Å²) < 4.78 is 12.1. The smallest absolute Gasteiger partial charge is 0.225 e. The second-order valence-corrected chi connectivity index (χ2v) is 5.89. The van der Waals surface area contributed by atoms with E-state index in [2.05, 4.69) is 19.9 Å². The van der Waals surface area contributed by atoms with Crippen molar-refractivity contribution in [3.63, 3.8) is 0 Å². The van der Waals surface area contributed by atoms with Gasteiger partial charge in [-0.25, -0.2) is 9.97 Å². The third-order valence-electron chi connectivity index (χ3n) is 4.52. The van der Waals surface area contributed by atoms with E-state index in [1.807, 2.05) is 24.3 Å². The fourth-order valence-electron chi connectivity index (χ4n) is 3.46. The maximum atomic E-state index is 6.09. The first-order valence-corrected chi connectivity index (χ1v) is 8.08. The SMILES string of the molecule is c1ccc(CO[C@@H]2CC[C@H]3[C@H]2OCCN3c2ncccn2)nc1. The van der Waals surface area contributed by atoms with Crippen LogP contribution in [0.25, 0.3) is 0 Å². The molecule has 0 amide bonds. The minimum atomic E-state index is 0.0799. The maximum Gasteiger partial charge on any atom is 0.225 e. The van der Waals surface area contributed by atoms with Gasteiger partial charge in [-0.2, -0.15) is 0 Å². The topological polar surface area (TPSA) is 60.4 Å². The minimum Gasteiger partial charge on any atom is -0.372 e. The molecule has 0 bridgehead atoms. The number of aromatic nitrogens is 3. The van der Waals surface area contributed by atoms with Crippen molar-refractivity contribution in [2.24, 2.45) is 0 Å². The summed E-state index contributed by atoms with van der Waals surface area (Å²) in [6.07, 6.45) is 7.58. The first-order chi connectivity index (χ1) is 11.4. The minimum absolute atomic E-state index is 0.0799. The van der Waals surface area contributed by atoms with Gasteiger partial charge in [0.05, 0.1) is 31.1 Å². The molecule has 6 nitrogen and oxygen atoms in total. The summed E-state index contributed by atoms with van der Waals surface area (Å²) in [4.78, 5) is 15.4. The van der Waals surface area contributed by atoms with Crippen LogP contribution in [0.2, 0.25) is 0 Å². The average molecular weight is 312 g/mol. The van der Waals surface area contributed by atoms with Crippen molar-refractivity contribution in [2.45, 2.75) is 37.7 Å². The van der Waals surface area contributed by atoms with Crippen molar-refractivity contribution in [3.8, 4) is 0 Å². The molecule has 4 rings (SSSR count). The summed E-state index contributed by atoms with van der Waals surface area (Å²) in [5, 5.41) is 0. The zero-order valence-electron chi connectivity index (χ0n) is 12.9. The van der Waals surface area contributed by atoms with Crippen LogP contribution in [-0.2, 0) is 16.1 Å². The number of anilines is 1. The summed E-state index contributed by atoms with van der Waals surface area (Å²) in [5.41, 5.74) is 0.954. The van der Waals surface area contributed by atoms with Crippen LogP contribution >= 0.6 is 0 Å². The highest BCUT2D eigenvalue weighted by molar-refractivity contribution is 5.33. The van der Waals surface area contributed by atoms with Crippen LogP contribution in [0.3, 0.4) is 0 Å². The van der Waals surface area contributed by atoms with Crippen LogP contribution in [0.1, 0.15) is 18.5 Å². The van der Waals surface area contributed by atoms with Crippen LogP contribution in [-0.4, -0.2) is 46.4 Å². The number of hydrogen-bond acceptors (Lipinski definition) is 6. The summed E-state index contributed by atoms with van der Waals surface area (Å²) in [5.74, 6) is 0.788. The maximum absolute atomic E-state index is 6.09. The lowest BCUT2D eigenvalue weighted by molar-refractivity contribution is -0.0778. The van der Waals surface area contributed by atoms with Crippen LogP contribution in [0, 0.1) is 0 Å². The highest BCUT2D eigenvalue weighted by Crippen LogP contribution is 2.33. The highest BCUT2D eigenvalue weighted by Gasteiger charge is 2.44. The number of nitrogens with zero attached hydrogens (tertiary/aromatic N) is 4. The Morgan fingerprint density at radius 3 is 2.78 bits per heavy atom. The molecule has 2 aromatic rings. The van der Waals surface area contributed by atoms with E-state index in [1.54, 1.807) is 18.6 Å². The Morgan fingerprint density at radius 1 is 1.09 bits per heavy atom. The second kappa shape index (κ2) is 6.60. The number of ether oxygens (including phenoxy) is 2. The number of pyridine rings is 1. The van der Waals surface area contributed by atoms with E-state index in [1.165, 1.54) is 0 Å². The molecule has 120 valence electrons. The van der Waals surface area contributed by atoms with Crippen molar-refractivity contribution in [2.75, 3.05) is 18.1 Å². The molecule has 23 heavy (non-hydrogen) atoms. The summed E-state index contributed by atoms with van der Waals surface area (Å²) >= 11 is 0. The molecular formula is C17H20N4O2. The molecule has 0 aromatic carbocycles. The van der Waals surface area contributed by atoms with Crippen molar-refractivity contribution in [1.82, 2.24) is 15.0 Å². The van der Waals surface area contributed by atoms with Gasteiger partial charge in [0.2, 0.25) is 5.95 Å². The molecule has 2 fully saturated rings. The van der Waals surface area contributed by atoms with Gasteiger partial charge >= 0.3 is 0 Å². The summed E-state index contributed by atoms with van der Waals surface area (Å²) in [7, 11) is 0. The number of hydrogen-bond donors (Lipinski definition) is 0. The third kappa shape index (κ3) is 3.04. The van der Waals surface area contributed by atoms with Gasteiger partial charge < -0.3 is 14.4 Å². The van der Waals surface area contributed by atoms with Gasteiger partial charge in [-0.3, -0.25) is 4.98 Å². The Hall–Kier alpha value is -2.05. The van der Waals surface area contributed by atoms with Gasteiger partial charge in [-0.15, -0.1) is 0 Å². The lowest BCUT2D eigenvalue weighted by atomic mass is 10.1. The van der Waals surface area contributed by atoms with Crippen molar-refractivity contribution in [3.05, 3.63) is 48.5 Å². The Kier molecular flexibility index (Phi) is 4.17. The Morgan fingerprint density at radius 2 is 1.96 bits per heavy atom. The van der Waals surface area contributed by atoms with Crippen molar-refractivity contribution >= 4 is 5.95 Å². The molecule has 1 saturated heterocycles. The van der Waals surface area contributed by atoms with Gasteiger partial charge in [0.1, 0.15) is 6.10 Å². The van der Waals surface area contributed by atoms with Crippen LogP contribution in [0.5, 0.6) is 0 Å². The lowest BCUT2D eigenvalue weighted by Gasteiger charge is -2.38.